The van der Waals surface area contributed by atoms with Crippen molar-refractivity contribution in [2.24, 2.45) is 0 Å². The van der Waals surface area contributed by atoms with Crippen LogP contribution in [0.1, 0.15) is 27.2 Å². The van der Waals surface area contributed by atoms with E-state index in [4.69, 9.17) is 17.3 Å². The molecule has 2 aromatic carbocycles. The second-order valence-electron chi connectivity index (χ2n) is 8.26. The SMILES string of the molecule is Cc1cc(-c2cccc(/C=C3\SC(=S)N(CC(=O)Nc4ccc(C(=O)O)c(O)c4)C3=O)n2)cc(C)c1O. The molecule has 0 aliphatic carbocycles. The number of pyridine rings is 1. The van der Waals surface area contributed by atoms with Gasteiger partial charge in [-0.05, 0) is 67.4 Å². The average molecular weight is 536 g/mol. The zero-order valence-electron chi connectivity index (χ0n) is 19.7. The van der Waals surface area contributed by atoms with Crippen LogP contribution in [0.25, 0.3) is 17.3 Å². The lowest BCUT2D eigenvalue weighted by Crippen LogP contribution is -2.36. The minimum absolute atomic E-state index is 0.175. The third-order valence-electron chi connectivity index (χ3n) is 5.52. The van der Waals surface area contributed by atoms with Crippen molar-refractivity contribution in [3.8, 4) is 22.8 Å². The van der Waals surface area contributed by atoms with Crippen molar-refractivity contribution >= 4 is 57.8 Å². The molecule has 1 aliphatic rings. The van der Waals surface area contributed by atoms with E-state index in [0.29, 0.717) is 16.3 Å². The van der Waals surface area contributed by atoms with Crippen molar-refractivity contribution in [3.63, 3.8) is 0 Å². The molecular formula is C26H21N3O6S2. The van der Waals surface area contributed by atoms with Crippen LogP contribution < -0.4 is 5.32 Å². The van der Waals surface area contributed by atoms with Gasteiger partial charge in [0.15, 0.2) is 0 Å². The molecule has 9 nitrogen and oxygen atoms in total. The number of anilines is 1. The number of nitrogens with zero attached hydrogens (tertiary/aromatic N) is 2. The molecule has 37 heavy (non-hydrogen) atoms. The number of aromatic hydroxyl groups is 2. The summed E-state index contributed by atoms with van der Waals surface area (Å²) in [4.78, 5) is 42.6. The molecule has 188 valence electrons. The van der Waals surface area contributed by atoms with Crippen LogP contribution >= 0.6 is 24.0 Å². The van der Waals surface area contributed by atoms with Crippen molar-refractivity contribution < 1.29 is 29.7 Å². The summed E-state index contributed by atoms with van der Waals surface area (Å²) in [6, 6.07) is 12.7. The van der Waals surface area contributed by atoms with Gasteiger partial charge in [-0.2, -0.15) is 0 Å². The monoisotopic (exact) mass is 535 g/mol. The lowest BCUT2D eigenvalue weighted by molar-refractivity contribution is -0.126. The van der Waals surface area contributed by atoms with Crippen LogP contribution in [0, 0.1) is 13.8 Å². The van der Waals surface area contributed by atoms with Gasteiger partial charge in [0.1, 0.15) is 27.9 Å². The molecule has 0 saturated carbocycles. The smallest absolute Gasteiger partial charge is 0.339 e. The molecule has 0 unspecified atom stereocenters. The number of benzene rings is 2. The fourth-order valence-corrected chi connectivity index (χ4v) is 4.94. The molecule has 1 aliphatic heterocycles. The molecule has 1 aromatic heterocycles. The lowest BCUT2D eigenvalue weighted by Gasteiger charge is -2.14. The van der Waals surface area contributed by atoms with E-state index >= 15 is 0 Å². The third kappa shape index (κ3) is 5.63. The maximum absolute atomic E-state index is 13.0. The number of carboxylic acids is 1. The fourth-order valence-electron chi connectivity index (χ4n) is 3.70. The van der Waals surface area contributed by atoms with Gasteiger partial charge in [-0.1, -0.05) is 30.0 Å². The van der Waals surface area contributed by atoms with Gasteiger partial charge in [0.2, 0.25) is 5.91 Å². The van der Waals surface area contributed by atoms with E-state index in [1.54, 1.807) is 12.1 Å². The summed E-state index contributed by atoms with van der Waals surface area (Å²) in [6.45, 7) is 3.26. The normalized spacial score (nSPS) is 14.3. The van der Waals surface area contributed by atoms with Crippen LogP contribution in [0.4, 0.5) is 5.69 Å². The molecule has 0 spiro atoms. The summed E-state index contributed by atoms with van der Waals surface area (Å²) < 4.78 is 0.205. The highest BCUT2D eigenvalue weighted by Crippen LogP contribution is 2.33. The summed E-state index contributed by atoms with van der Waals surface area (Å²) in [5, 5.41) is 31.4. The van der Waals surface area contributed by atoms with E-state index in [-0.39, 0.29) is 27.9 Å². The zero-order chi connectivity index (χ0) is 26.9. The zero-order valence-corrected chi connectivity index (χ0v) is 21.3. The quantitative estimate of drug-likeness (QED) is 0.268. The second-order valence-corrected chi connectivity index (χ2v) is 9.94. The predicted octanol–water partition coefficient (Wildman–Crippen LogP) is 4.31. The number of aromatic nitrogens is 1. The van der Waals surface area contributed by atoms with E-state index in [9.17, 15) is 24.6 Å². The summed E-state index contributed by atoms with van der Waals surface area (Å²) in [6.07, 6.45) is 1.60. The summed E-state index contributed by atoms with van der Waals surface area (Å²) in [7, 11) is 0. The Balaban J connectivity index is 1.48. The first kappa shape index (κ1) is 25.9. The molecule has 2 heterocycles. The van der Waals surface area contributed by atoms with Crippen molar-refractivity contribution in [3.05, 3.63) is 75.8 Å². The molecule has 0 bridgehead atoms. The minimum Gasteiger partial charge on any atom is -0.507 e. The van der Waals surface area contributed by atoms with Gasteiger partial charge >= 0.3 is 5.97 Å². The Morgan fingerprint density at radius 1 is 1.11 bits per heavy atom. The van der Waals surface area contributed by atoms with E-state index in [1.165, 1.54) is 6.07 Å². The Bertz CT molecular complexity index is 1480. The van der Waals surface area contributed by atoms with Gasteiger partial charge in [0, 0.05) is 17.3 Å². The topological polar surface area (TPSA) is 140 Å². The standard InChI is InChI=1S/C26H21N3O6S2/c1-13-8-15(9-14(2)23(13)32)19-5-3-4-16(27-19)11-21-24(33)29(26(36)37-21)12-22(31)28-17-6-7-18(25(34)35)20(30)10-17/h3-11,30,32H,12H2,1-2H3,(H,28,31)(H,34,35)/b21-11-. The highest BCUT2D eigenvalue weighted by Gasteiger charge is 2.33. The Labute approximate surface area is 221 Å². The minimum atomic E-state index is -1.30. The number of aryl methyl sites for hydroxylation is 2. The van der Waals surface area contributed by atoms with Crippen LogP contribution in [0.3, 0.4) is 0 Å². The number of nitrogens with one attached hydrogen (secondary N) is 1. The van der Waals surface area contributed by atoms with E-state index in [2.05, 4.69) is 10.3 Å². The maximum Gasteiger partial charge on any atom is 0.339 e. The van der Waals surface area contributed by atoms with Gasteiger partial charge in [0.25, 0.3) is 5.91 Å². The van der Waals surface area contributed by atoms with Crippen molar-refractivity contribution in [2.75, 3.05) is 11.9 Å². The van der Waals surface area contributed by atoms with Crippen molar-refractivity contribution in [1.82, 2.24) is 9.88 Å². The van der Waals surface area contributed by atoms with E-state index in [0.717, 1.165) is 45.5 Å². The van der Waals surface area contributed by atoms with Gasteiger partial charge < -0.3 is 20.6 Å². The number of thiocarbonyl (C=S) groups is 1. The average Bonchev–Trinajstić information content (AvgIpc) is 3.09. The van der Waals surface area contributed by atoms with Gasteiger partial charge in [-0.15, -0.1) is 0 Å². The van der Waals surface area contributed by atoms with Crippen LogP contribution in [-0.4, -0.2) is 53.9 Å². The Morgan fingerprint density at radius 2 is 1.81 bits per heavy atom. The fraction of sp³-hybridized carbons (Fsp3) is 0.115. The van der Waals surface area contributed by atoms with E-state index in [1.807, 2.05) is 38.1 Å². The van der Waals surface area contributed by atoms with Crippen LogP contribution in [0.2, 0.25) is 0 Å². The Hall–Kier alpha value is -4.22. The molecule has 0 atom stereocenters. The highest BCUT2D eigenvalue weighted by molar-refractivity contribution is 8.26. The second kappa shape index (κ2) is 10.4. The molecule has 1 saturated heterocycles. The summed E-state index contributed by atoms with van der Waals surface area (Å²) >= 11 is 6.35. The number of carbonyl (C=O) groups is 3. The number of phenolic OH excluding ortho intramolecular Hbond substituents is 1. The third-order valence-corrected chi connectivity index (χ3v) is 6.90. The number of aromatic carboxylic acids is 1. The molecule has 3 aromatic rings. The Morgan fingerprint density at radius 3 is 2.46 bits per heavy atom. The molecule has 0 radical (unpaired) electrons. The van der Waals surface area contributed by atoms with Gasteiger partial charge in [-0.25, -0.2) is 9.78 Å². The summed E-state index contributed by atoms with van der Waals surface area (Å²) in [5.41, 5.74) is 3.37. The first-order valence-electron chi connectivity index (χ1n) is 10.9. The molecular weight excluding hydrogens is 514 g/mol. The molecule has 2 amide bonds. The number of thioether (sulfide) groups is 1. The number of phenols is 2. The Kier molecular flexibility index (Phi) is 7.28. The number of amides is 2. The predicted molar refractivity (Wildman–Crippen MR) is 144 cm³/mol. The largest absolute Gasteiger partial charge is 0.507 e. The summed E-state index contributed by atoms with van der Waals surface area (Å²) in [5.74, 6) is -2.57. The van der Waals surface area contributed by atoms with Crippen LogP contribution in [-0.2, 0) is 9.59 Å². The van der Waals surface area contributed by atoms with Crippen LogP contribution in [0.5, 0.6) is 11.5 Å². The number of hydrogen-bond donors (Lipinski definition) is 4. The van der Waals surface area contributed by atoms with E-state index < -0.39 is 23.5 Å². The van der Waals surface area contributed by atoms with Crippen molar-refractivity contribution in [2.45, 2.75) is 13.8 Å². The number of hydrogen-bond acceptors (Lipinski definition) is 8. The molecule has 1 fully saturated rings. The van der Waals surface area contributed by atoms with Gasteiger partial charge in [-0.3, -0.25) is 14.5 Å². The maximum atomic E-state index is 13.0. The first-order chi connectivity index (χ1) is 17.5. The van der Waals surface area contributed by atoms with Crippen LogP contribution in [0.15, 0.2) is 53.4 Å². The first-order valence-corrected chi connectivity index (χ1v) is 12.1. The van der Waals surface area contributed by atoms with Gasteiger partial charge in [0.05, 0.1) is 16.3 Å². The number of carboxylic acid groups (broad SMARTS) is 1. The molecule has 4 N–H and O–H groups in total. The number of rotatable bonds is 6. The lowest BCUT2D eigenvalue weighted by atomic mass is 10.0. The van der Waals surface area contributed by atoms with Crippen molar-refractivity contribution in [1.29, 1.82) is 0 Å². The number of carbonyl (C=O) groups excluding carboxylic acids is 2. The molecule has 4 rings (SSSR count). The molecule has 11 heteroatoms. The highest BCUT2D eigenvalue weighted by atomic mass is 32.2.